The van der Waals surface area contributed by atoms with Crippen LogP contribution >= 0.6 is 0 Å². The van der Waals surface area contributed by atoms with Gasteiger partial charge in [-0.25, -0.2) is 9.18 Å². The number of nitrogens with one attached hydrogen (secondary N) is 1. The van der Waals surface area contributed by atoms with E-state index in [1.165, 1.54) is 12.1 Å². The van der Waals surface area contributed by atoms with Crippen LogP contribution in [0.3, 0.4) is 0 Å². The van der Waals surface area contributed by atoms with Crippen LogP contribution in [0.15, 0.2) is 35.1 Å². The normalized spacial score (nSPS) is 17.0. The summed E-state index contributed by atoms with van der Waals surface area (Å²) in [6.45, 7) is 2.97. The first-order chi connectivity index (χ1) is 10.1. The third-order valence-corrected chi connectivity index (χ3v) is 3.47. The molecule has 0 bridgehead atoms. The molecule has 110 valence electrons. The molecular weight excluding hydrogens is 273 g/mol. The Morgan fingerprint density at radius 3 is 2.95 bits per heavy atom. The molecule has 5 nitrogen and oxygen atoms in total. The Hall–Kier alpha value is -2.37. The second-order valence-corrected chi connectivity index (χ2v) is 5.16. The number of hydrogen-bond acceptors (Lipinski definition) is 4. The Morgan fingerprint density at radius 2 is 2.19 bits per heavy atom. The van der Waals surface area contributed by atoms with Crippen molar-refractivity contribution in [2.45, 2.75) is 32.5 Å². The smallest absolute Gasteiger partial charge is 0.352 e. The van der Waals surface area contributed by atoms with Crippen molar-refractivity contribution in [2.24, 2.45) is 0 Å². The first kappa shape index (κ1) is 13.6. The molecule has 1 aliphatic rings. The van der Waals surface area contributed by atoms with Crippen molar-refractivity contribution < 1.29 is 9.13 Å². The molecule has 0 spiro atoms. The SMILES string of the molecule is CC1CCn2c(cc(OCc3ccc(F)cc3)nc2=O)N1. The summed E-state index contributed by atoms with van der Waals surface area (Å²) in [4.78, 5) is 15.8. The van der Waals surface area contributed by atoms with Gasteiger partial charge >= 0.3 is 5.69 Å². The minimum Gasteiger partial charge on any atom is -0.473 e. The van der Waals surface area contributed by atoms with E-state index in [-0.39, 0.29) is 24.0 Å². The van der Waals surface area contributed by atoms with Crippen LogP contribution in [0.2, 0.25) is 0 Å². The Morgan fingerprint density at radius 1 is 1.43 bits per heavy atom. The molecule has 1 unspecified atom stereocenters. The number of benzene rings is 1. The second kappa shape index (κ2) is 5.55. The molecule has 2 aromatic rings. The van der Waals surface area contributed by atoms with Crippen LogP contribution in [-0.4, -0.2) is 15.6 Å². The van der Waals surface area contributed by atoms with E-state index in [2.05, 4.69) is 17.2 Å². The molecule has 0 amide bonds. The second-order valence-electron chi connectivity index (χ2n) is 5.16. The highest BCUT2D eigenvalue weighted by Gasteiger charge is 2.16. The van der Waals surface area contributed by atoms with Crippen LogP contribution in [0, 0.1) is 5.82 Å². The van der Waals surface area contributed by atoms with E-state index >= 15 is 0 Å². The highest BCUT2D eigenvalue weighted by Crippen LogP contribution is 2.19. The van der Waals surface area contributed by atoms with Crippen molar-refractivity contribution in [3.63, 3.8) is 0 Å². The van der Waals surface area contributed by atoms with Crippen LogP contribution in [-0.2, 0) is 13.2 Å². The van der Waals surface area contributed by atoms with Crippen molar-refractivity contribution in [3.8, 4) is 5.88 Å². The molecule has 0 aliphatic carbocycles. The van der Waals surface area contributed by atoms with Gasteiger partial charge in [-0.2, -0.15) is 4.98 Å². The van der Waals surface area contributed by atoms with E-state index < -0.39 is 0 Å². The number of fused-ring (bicyclic) bond motifs is 1. The van der Waals surface area contributed by atoms with Gasteiger partial charge in [-0.1, -0.05) is 12.1 Å². The molecule has 21 heavy (non-hydrogen) atoms. The average molecular weight is 289 g/mol. The van der Waals surface area contributed by atoms with Crippen LogP contribution in [0.1, 0.15) is 18.9 Å². The molecule has 0 fully saturated rings. The summed E-state index contributed by atoms with van der Waals surface area (Å²) in [6, 6.07) is 8.06. The Labute approximate surface area is 121 Å². The number of hydrogen-bond donors (Lipinski definition) is 1. The summed E-state index contributed by atoms with van der Waals surface area (Å²) in [7, 11) is 0. The minimum absolute atomic E-state index is 0.242. The number of rotatable bonds is 3. The highest BCUT2D eigenvalue weighted by atomic mass is 19.1. The summed E-state index contributed by atoms with van der Waals surface area (Å²) in [5, 5.41) is 3.24. The molecule has 2 heterocycles. The van der Waals surface area contributed by atoms with Gasteiger partial charge in [0.2, 0.25) is 5.88 Å². The lowest BCUT2D eigenvalue weighted by atomic mass is 10.2. The van der Waals surface area contributed by atoms with Crippen molar-refractivity contribution in [3.05, 3.63) is 52.2 Å². The van der Waals surface area contributed by atoms with Gasteiger partial charge in [0.05, 0.1) is 0 Å². The zero-order chi connectivity index (χ0) is 14.8. The quantitative estimate of drug-likeness (QED) is 0.941. The molecule has 1 aliphatic heterocycles. The molecule has 6 heteroatoms. The van der Waals surface area contributed by atoms with Gasteiger partial charge in [0.15, 0.2) is 0 Å². The fourth-order valence-electron chi connectivity index (χ4n) is 2.28. The van der Waals surface area contributed by atoms with Gasteiger partial charge in [-0.05, 0) is 31.0 Å². The lowest BCUT2D eigenvalue weighted by molar-refractivity contribution is 0.290. The molecule has 1 atom stereocenters. The number of ether oxygens (including phenoxy) is 1. The summed E-state index contributed by atoms with van der Waals surface area (Å²) in [5.74, 6) is 0.710. The van der Waals surface area contributed by atoms with Gasteiger partial charge in [-0.3, -0.25) is 4.57 Å². The van der Waals surface area contributed by atoms with E-state index in [9.17, 15) is 9.18 Å². The van der Waals surface area contributed by atoms with Crippen LogP contribution in [0.5, 0.6) is 5.88 Å². The first-order valence-electron chi connectivity index (χ1n) is 6.87. The van der Waals surface area contributed by atoms with Crippen molar-refractivity contribution in [2.75, 3.05) is 5.32 Å². The highest BCUT2D eigenvalue weighted by molar-refractivity contribution is 5.41. The Kier molecular flexibility index (Phi) is 3.60. The van der Waals surface area contributed by atoms with Crippen LogP contribution < -0.4 is 15.7 Å². The summed E-state index contributed by atoms with van der Waals surface area (Å²) in [5.41, 5.74) is 0.498. The fourth-order valence-corrected chi connectivity index (χ4v) is 2.28. The van der Waals surface area contributed by atoms with E-state index in [1.54, 1.807) is 22.8 Å². The maximum absolute atomic E-state index is 12.8. The summed E-state index contributed by atoms with van der Waals surface area (Å²) < 4.78 is 20.0. The van der Waals surface area contributed by atoms with Gasteiger partial charge in [0.25, 0.3) is 0 Å². The Bertz CT molecular complexity index is 697. The number of aromatic nitrogens is 2. The standard InChI is InChI=1S/C15H16FN3O2/c1-10-6-7-19-13(17-10)8-14(18-15(19)20)21-9-11-2-4-12(16)5-3-11/h2-5,8,10,17H,6-7,9H2,1H3. The molecule has 0 saturated carbocycles. The van der Waals surface area contributed by atoms with Gasteiger partial charge < -0.3 is 10.1 Å². The molecular formula is C15H16FN3O2. The lowest BCUT2D eigenvalue weighted by Gasteiger charge is -2.25. The fraction of sp³-hybridized carbons (Fsp3) is 0.333. The zero-order valence-electron chi connectivity index (χ0n) is 11.7. The van der Waals surface area contributed by atoms with Gasteiger partial charge in [0.1, 0.15) is 18.2 Å². The Balaban J connectivity index is 1.77. The molecule has 1 aromatic heterocycles. The van der Waals surface area contributed by atoms with Crippen molar-refractivity contribution in [1.29, 1.82) is 0 Å². The molecule has 1 N–H and O–H groups in total. The van der Waals surface area contributed by atoms with Gasteiger partial charge in [-0.15, -0.1) is 0 Å². The van der Waals surface area contributed by atoms with Gasteiger partial charge in [0, 0.05) is 18.7 Å². The summed E-state index contributed by atoms with van der Waals surface area (Å²) in [6.07, 6.45) is 0.893. The third kappa shape index (κ3) is 3.04. The number of anilines is 1. The van der Waals surface area contributed by atoms with Crippen LogP contribution in [0.4, 0.5) is 10.2 Å². The predicted molar refractivity (Wildman–Crippen MR) is 76.9 cm³/mol. The van der Waals surface area contributed by atoms with E-state index in [0.29, 0.717) is 12.6 Å². The minimum atomic E-state index is -0.319. The number of halogens is 1. The largest absolute Gasteiger partial charge is 0.473 e. The monoisotopic (exact) mass is 289 g/mol. The third-order valence-electron chi connectivity index (χ3n) is 3.47. The van der Waals surface area contributed by atoms with Crippen molar-refractivity contribution in [1.82, 2.24) is 9.55 Å². The lowest BCUT2D eigenvalue weighted by Crippen LogP contribution is -2.34. The maximum atomic E-state index is 12.8. The van der Waals surface area contributed by atoms with E-state index in [4.69, 9.17) is 4.74 Å². The van der Waals surface area contributed by atoms with E-state index in [0.717, 1.165) is 17.8 Å². The maximum Gasteiger partial charge on any atom is 0.352 e. The first-order valence-corrected chi connectivity index (χ1v) is 6.87. The summed E-state index contributed by atoms with van der Waals surface area (Å²) >= 11 is 0. The molecule has 1 aromatic carbocycles. The van der Waals surface area contributed by atoms with E-state index in [1.807, 2.05) is 0 Å². The molecule has 0 radical (unpaired) electrons. The molecule has 0 saturated heterocycles. The van der Waals surface area contributed by atoms with Crippen LogP contribution in [0.25, 0.3) is 0 Å². The average Bonchev–Trinajstić information content (AvgIpc) is 2.46. The zero-order valence-corrected chi connectivity index (χ0v) is 11.7. The topological polar surface area (TPSA) is 56.2 Å². The predicted octanol–water partition coefficient (Wildman–Crippen LogP) is 2.17. The molecule has 3 rings (SSSR count). The number of nitrogens with zero attached hydrogens (tertiary/aromatic N) is 2. The van der Waals surface area contributed by atoms with Crippen molar-refractivity contribution >= 4 is 5.82 Å².